The Labute approximate surface area is 102 Å². The van der Waals surface area contributed by atoms with Crippen LogP contribution < -0.4 is 5.32 Å². The number of nitrogens with one attached hydrogen (secondary N) is 1. The van der Waals surface area contributed by atoms with Crippen LogP contribution in [0.4, 0.5) is 0 Å². The Bertz CT molecular complexity index is 352. The van der Waals surface area contributed by atoms with Crippen molar-refractivity contribution in [1.29, 1.82) is 0 Å². The zero-order chi connectivity index (χ0) is 12.2. The molecule has 0 aromatic heterocycles. The first kappa shape index (κ1) is 13.8. The molecule has 2 unspecified atom stereocenters. The number of rotatable bonds is 4. The number of sulfone groups is 1. The number of thioether (sulfide) groups is 1. The van der Waals surface area contributed by atoms with Crippen LogP contribution >= 0.6 is 11.8 Å². The van der Waals surface area contributed by atoms with Gasteiger partial charge >= 0.3 is 0 Å². The fraction of sp³-hybridized carbons (Fsp3) is 0.900. The van der Waals surface area contributed by atoms with Crippen molar-refractivity contribution >= 4 is 26.8 Å². The zero-order valence-electron chi connectivity index (χ0n) is 10.1. The van der Waals surface area contributed by atoms with Crippen LogP contribution in [0.1, 0.15) is 20.8 Å². The van der Waals surface area contributed by atoms with E-state index in [-0.39, 0.29) is 11.5 Å². The van der Waals surface area contributed by atoms with Gasteiger partial charge < -0.3 is 5.32 Å². The third-order valence-electron chi connectivity index (χ3n) is 2.79. The van der Waals surface area contributed by atoms with Crippen molar-refractivity contribution in [2.24, 2.45) is 10.9 Å². The predicted octanol–water partition coefficient (Wildman–Crippen LogP) is 1.14. The first-order valence-electron chi connectivity index (χ1n) is 5.59. The fourth-order valence-electron chi connectivity index (χ4n) is 1.26. The van der Waals surface area contributed by atoms with Crippen LogP contribution in [0.2, 0.25) is 0 Å². The number of nitrogens with zero attached hydrogens (tertiary/aromatic N) is 1. The summed E-state index contributed by atoms with van der Waals surface area (Å²) >= 11 is 1.68. The van der Waals surface area contributed by atoms with E-state index in [1.54, 1.807) is 18.7 Å². The van der Waals surface area contributed by atoms with Crippen LogP contribution in [0.5, 0.6) is 0 Å². The summed E-state index contributed by atoms with van der Waals surface area (Å²) in [6, 6.07) is 0.419. The zero-order valence-corrected chi connectivity index (χ0v) is 11.7. The summed E-state index contributed by atoms with van der Waals surface area (Å²) in [5.41, 5.74) is 0. The molecule has 4 nitrogen and oxygen atoms in total. The minimum atomic E-state index is -2.89. The van der Waals surface area contributed by atoms with E-state index in [1.807, 2.05) is 0 Å². The highest BCUT2D eigenvalue weighted by atomic mass is 32.2. The normalized spacial score (nSPS) is 29.1. The Hall–Kier alpha value is -0.230. The monoisotopic (exact) mass is 264 g/mol. The Kier molecular flexibility index (Phi) is 5.11. The third-order valence-corrected chi connectivity index (χ3v) is 5.68. The summed E-state index contributed by atoms with van der Waals surface area (Å²) in [7, 11) is -2.89. The standard InChI is InChI=1S/C10H20N2O2S2/c1-4-16(13,14)6-5-11-10-12-9(3)8(2)7-15-10/h8-9H,4-7H2,1-3H3,(H,11,12). The van der Waals surface area contributed by atoms with E-state index >= 15 is 0 Å². The maximum Gasteiger partial charge on any atom is 0.156 e. The van der Waals surface area contributed by atoms with Crippen molar-refractivity contribution in [3.8, 4) is 0 Å². The summed E-state index contributed by atoms with van der Waals surface area (Å²) in [5, 5.41) is 4.17. The Morgan fingerprint density at radius 1 is 1.50 bits per heavy atom. The lowest BCUT2D eigenvalue weighted by Crippen LogP contribution is -2.41. The summed E-state index contributed by atoms with van der Waals surface area (Å²) in [6.07, 6.45) is 0. The molecule has 0 aromatic carbocycles. The van der Waals surface area contributed by atoms with Crippen LogP contribution in [0.15, 0.2) is 4.99 Å². The fourth-order valence-corrected chi connectivity index (χ4v) is 3.07. The molecule has 0 amide bonds. The highest BCUT2D eigenvalue weighted by molar-refractivity contribution is 8.13. The van der Waals surface area contributed by atoms with Crippen molar-refractivity contribution in [2.75, 3.05) is 23.8 Å². The minimum absolute atomic E-state index is 0.152. The van der Waals surface area contributed by atoms with E-state index in [1.165, 1.54) is 0 Å². The molecule has 0 bridgehead atoms. The van der Waals surface area contributed by atoms with Crippen LogP contribution in [0, 0.1) is 5.92 Å². The molecule has 0 spiro atoms. The van der Waals surface area contributed by atoms with Gasteiger partial charge in [-0.15, -0.1) is 0 Å². The van der Waals surface area contributed by atoms with Gasteiger partial charge in [-0.25, -0.2) is 8.42 Å². The first-order chi connectivity index (χ1) is 7.44. The third kappa shape index (κ3) is 4.33. The van der Waals surface area contributed by atoms with Crippen molar-refractivity contribution in [2.45, 2.75) is 26.8 Å². The summed E-state index contributed by atoms with van der Waals surface area (Å²) in [4.78, 5) is 4.29. The van der Waals surface area contributed by atoms with Gasteiger partial charge in [0.1, 0.15) is 0 Å². The molecular weight excluding hydrogens is 244 g/mol. The SMILES string of the molecule is CCS(=O)(=O)CCN=C1NC(C)C(C)CS1. The number of amidine groups is 1. The van der Waals surface area contributed by atoms with E-state index in [0.29, 0.717) is 18.5 Å². The second kappa shape index (κ2) is 5.91. The molecule has 1 N–H and O–H groups in total. The largest absolute Gasteiger partial charge is 0.362 e. The lowest BCUT2D eigenvalue weighted by molar-refractivity contribution is 0.490. The maximum atomic E-state index is 11.3. The molecule has 1 heterocycles. The molecule has 1 fully saturated rings. The molecule has 0 aliphatic carbocycles. The van der Waals surface area contributed by atoms with Gasteiger partial charge in [-0.05, 0) is 12.8 Å². The van der Waals surface area contributed by atoms with E-state index in [9.17, 15) is 8.42 Å². The first-order valence-corrected chi connectivity index (χ1v) is 8.39. The summed E-state index contributed by atoms with van der Waals surface area (Å²) in [6.45, 7) is 6.36. The van der Waals surface area contributed by atoms with Crippen LogP contribution in [0.3, 0.4) is 0 Å². The molecule has 16 heavy (non-hydrogen) atoms. The van der Waals surface area contributed by atoms with Gasteiger partial charge in [0, 0.05) is 17.5 Å². The molecule has 6 heteroatoms. The Morgan fingerprint density at radius 3 is 2.75 bits per heavy atom. The molecule has 0 saturated carbocycles. The quantitative estimate of drug-likeness (QED) is 0.827. The van der Waals surface area contributed by atoms with E-state index in [0.717, 1.165) is 10.9 Å². The van der Waals surface area contributed by atoms with Crippen molar-refractivity contribution in [3.05, 3.63) is 0 Å². The molecule has 94 valence electrons. The van der Waals surface area contributed by atoms with Gasteiger partial charge in [0.15, 0.2) is 15.0 Å². The van der Waals surface area contributed by atoms with E-state index in [4.69, 9.17) is 0 Å². The van der Waals surface area contributed by atoms with E-state index < -0.39 is 9.84 Å². The van der Waals surface area contributed by atoms with Gasteiger partial charge in [0.2, 0.25) is 0 Å². The lowest BCUT2D eigenvalue weighted by Gasteiger charge is -2.28. The molecule has 1 rings (SSSR count). The Morgan fingerprint density at radius 2 is 2.19 bits per heavy atom. The molecule has 2 atom stereocenters. The van der Waals surface area contributed by atoms with E-state index in [2.05, 4.69) is 24.2 Å². The highest BCUT2D eigenvalue weighted by Gasteiger charge is 2.20. The maximum absolute atomic E-state index is 11.3. The molecule has 0 radical (unpaired) electrons. The second-order valence-corrected chi connectivity index (χ2v) is 7.63. The van der Waals surface area contributed by atoms with Gasteiger partial charge in [-0.1, -0.05) is 25.6 Å². The molecule has 1 saturated heterocycles. The van der Waals surface area contributed by atoms with Crippen molar-refractivity contribution in [1.82, 2.24) is 5.32 Å². The number of hydrogen-bond donors (Lipinski definition) is 1. The highest BCUT2D eigenvalue weighted by Crippen LogP contribution is 2.19. The van der Waals surface area contributed by atoms with Gasteiger partial charge in [-0.2, -0.15) is 0 Å². The average molecular weight is 264 g/mol. The molecule has 1 aliphatic rings. The van der Waals surface area contributed by atoms with Crippen molar-refractivity contribution < 1.29 is 8.42 Å². The topological polar surface area (TPSA) is 58.5 Å². The van der Waals surface area contributed by atoms with Crippen LogP contribution in [0.25, 0.3) is 0 Å². The second-order valence-electron chi connectivity index (χ2n) is 4.14. The van der Waals surface area contributed by atoms with Gasteiger partial charge in [0.25, 0.3) is 0 Å². The van der Waals surface area contributed by atoms with Gasteiger partial charge in [0.05, 0.1) is 12.3 Å². The van der Waals surface area contributed by atoms with Gasteiger partial charge in [-0.3, -0.25) is 4.99 Å². The molecule has 1 aliphatic heterocycles. The minimum Gasteiger partial charge on any atom is -0.362 e. The molecular formula is C10H20N2O2S2. The smallest absolute Gasteiger partial charge is 0.156 e. The van der Waals surface area contributed by atoms with Crippen LogP contribution in [-0.4, -0.2) is 43.4 Å². The Balaban J connectivity index is 2.41. The average Bonchev–Trinajstić information content (AvgIpc) is 2.23. The number of hydrogen-bond acceptors (Lipinski definition) is 4. The number of aliphatic imine (C=N–C) groups is 1. The van der Waals surface area contributed by atoms with Crippen molar-refractivity contribution in [3.63, 3.8) is 0 Å². The summed E-state index contributed by atoms with van der Waals surface area (Å²) in [5.74, 6) is 2.03. The lowest BCUT2D eigenvalue weighted by atomic mass is 10.1. The van der Waals surface area contributed by atoms with Crippen LogP contribution in [-0.2, 0) is 9.84 Å². The summed E-state index contributed by atoms with van der Waals surface area (Å²) < 4.78 is 22.5. The predicted molar refractivity (Wildman–Crippen MR) is 70.8 cm³/mol. The molecule has 0 aromatic rings.